The highest BCUT2D eigenvalue weighted by Gasteiger charge is 2.26. The molecule has 2 heterocycles. The fraction of sp³-hybridized carbons (Fsp3) is 0.148. The smallest absolute Gasteiger partial charge is 0.280 e. The number of nitrogens with one attached hydrogen (secondary N) is 1. The molecule has 3 aromatic carbocycles. The van der Waals surface area contributed by atoms with E-state index in [9.17, 15) is 13.6 Å². The van der Waals surface area contributed by atoms with E-state index in [1.54, 1.807) is 54.3 Å². The quantitative estimate of drug-likeness (QED) is 0.251. The number of rotatable bonds is 7. The first-order chi connectivity index (χ1) is 17.8. The van der Waals surface area contributed by atoms with Crippen LogP contribution in [0.2, 0.25) is 5.02 Å². The van der Waals surface area contributed by atoms with Gasteiger partial charge in [0, 0.05) is 21.5 Å². The van der Waals surface area contributed by atoms with Crippen LogP contribution in [0.25, 0.3) is 16.6 Å². The molecule has 0 saturated heterocycles. The van der Waals surface area contributed by atoms with Crippen molar-refractivity contribution >= 4 is 39.7 Å². The van der Waals surface area contributed by atoms with Crippen LogP contribution in [0, 0.1) is 18.6 Å². The zero-order valence-corrected chi connectivity index (χ0v) is 21.4. The third-order valence-electron chi connectivity index (χ3n) is 5.72. The van der Waals surface area contributed by atoms with E-state index in [0.717, 1.165) is 15.8 Å². The Bertz CT molecular complexity index is 1570. The molecule has 0 bridgehead atoms. The topological polar surface area (TPSA) is 69.0 Å². The fourth-order valence-electron chi connectivity index (χ4n) is 4.02. The third kappa shape index (κ3) is 5.47. The molecule has 0 spiro atoms. The van der Waals surface area contributed by atoms with Crippen LogP contribution < -0.4 is 10.1 Å². The van der Waals surface area contributed by atoms with E-state index in [1.807, 2.05) is 13.0 Å². The Morgan fingerprint density at radius 3 is 2.54 bits per heavy atom. The monoisotopic (exact) mass is 538 g/mol. The Hall–Kier alpha value is -3.82. The summed E-state index contributed by atoms with van der Waals surface area (Å²) in [6.45, 7) is 3.64. The Morgan fingerprint density at radius 1 is 1.05 bits per heavy atom. The number of thiazole rings is 1. The van der Waals surface area contributed by atoms with Crippen molar-refractivity contribution < 1.29 is 18.3 Å². The van der Waals surface area contributed by atoms with Crippen LogP contribution in [0.3, 0.4) is 0 Å². The lowest BCUT2D eigenvalue weighted by atomic mass is 10.0. The molecule has 0 aliphatic heterocycles. The molecule has 0 fully saturated rings. The van der Waals surface area contributed by atoms with Crippen LogP contribution in [0.15, 0.2) is 73.1 Å². The molecule has 2 aromatic heterocycles. The maximum Gasteiger partial charge on any atom is 0.280 e. The fourth-order valence-corrected chi connectivity index (χ4v) is 4.92. The van der Waals surface area contributed by atoms with Gasteiger partial charge in [-0.1, -0.05) is 11.6 Å². The van der Waals surface area contributed by atoms with Crippen molar-refractivity contribution in [1.82, 2.24) is 20.1 Å². The maximum absolute atomic E-state index is 14.2. The number of aromatic nitrogens is 3. The Balaban J connectivity index is 1.45. The third-order valence-corrected chi connectivity index (χ3v) is 6.85. The van der Waals surface area contributed by atoms with E-state index in [-0.39, 0.29) is 16.7 Å². The zero-order chi connectivity index (χ0) is 26.1. The normalized spacial score (nSPS) is 12.9. The molecule has 0 radical (unpaired) electrons. The van der Waals surface area contributed by atoms with E-state index in [4.69, 9.17) is 16.3 Å². The molecule has 0 saturated carbocycles. The van der Waals surface area contributed by atoms with Gasteiger partial charge in [-0.05, 0) is 80.1 Å². The predicted molar refractivity (Wildman–Crippen MR) is 140 cm³/mol. The molecule has 2 atom stereocenters. The van der Waals surface area contributed by atoms with Crippen LogP contribution in [0.5, 0.6) is 5.75 Å². The second kappa shape index (κ2) is 10.3. The minimum atomic E-state index is -0.761. The summed E-state index contributed by atoms with van der Waals surface area (Å²) in [5.41, 5.74) is 1.98. The van der Waals surface area contributed by atoms with Crippen molar-refractivity contribution in [2.24, 2.45) is 0 Å². The van der Waals surface area contributed by atoms with E-state index < -0.39 is 18.0 Å². The van der Waals surface area contributed by atoms with Gasteiger partial charge in [0.2, 0.25) is 0 Å². The van der Waals surface area contributed by atoms with Crippen molar-refractivity contribution in [3.8, 4) is 11.4 Å². The second-order valence-electron chi connectivity index (χ2n) is 8.53. The van der Waals surface area contributed by atoms with Crippen molar-refractivity contribution in [1.29, 1.82) is 0 Å². The Labute approximate surface area is 220 Å². The number of hydrogen-bond donors (Lipinski definition) is 1. The van der Waals surface area contributed by atoms with Gasteiger partial charge in [0.25, 0.3) is 5.91 Å². The van der Waals surface area contributed by atoms with Gasteiger partial charge in [0.05, 0.1) is 23.4 Å². The largest absolute Gasteiger partial charge is 0.484 e. The summed E-state index contributed by atoms with van der Waals surface area (Å²) in [5, 5.41) is 8.65. The number of carbonyl (C=O) groups excluding carboxylic acids is 1. The van der Waals surface area contributed by atoms with Crippen molar-refractivity contribution in [2.75, 3.05) is 0 Å². The highest BCUT2D eigenvalue weighted by molar-refractivity contribution is 7.13. The Kier molecular flexibility index (Phi) is 6.90. The molecule has 1 amide bonds. The molecule has 0 aliphatic carbocycles. The van der Waals surface area contributed by atoms with Gasteiger partial charge in [-0.3, -0.25) is 4.79 Å². The van der Waals surface area contributed by atoms with Crippen molar-refractivity contribution in [2.45, 2.75) is 26.0 Å². The standard InChI is InChI=1S/C27H21ClF2N4O2S/c1-15-13-31-27(37-15)26(35)33-16(2)25(17-9-19(28)12-21(30)10-17)36-23-7-8-24-18(11-23)14-32-34(24)22-5-3-20(29)4-6-22/h3-14,16,25H,1-2H3,(H,33,35)/t16-,25+/m0/s1. The summed E-state index contributed by atoms with van der Waals surface area (Å²) in [4.78, 5) is 17.8. The van der Waals surface area contributed by atoms with Gasteiger partial charge in [0.15, 0.2) is 5.01 Å². The predicted octanol–water partition coefficient (Wildman–Crippen LogP) is 6.66. The summed E-state index contributed by atoms with van der Waals surface area (Å²) in [5.74, 6) is -0.702. The first kappa shape index (κ1) is 24.9. The summed E-state index contributed by atoms with van der Waals surface area (Å²) in [7, 11) is 0. The molecule has 0 unspecified atom stereocenters. The minimum absolute atomic E-state index is 0.216. The van der Waals surface area contributed by atoms with E-state index in [2.05, 4.69) is 15.4 Å². The molecule has 37 heavy (non-hydrogen) atoms. The van der Waals surface area contributed by atoms with Gasteiger partial charge in [0.1, 0.15) is 23.5 Å². The van der Waals surface area contributed by atoms with Crippen molar-refractivity contribution in [3.63, 3.8) is 0 Å². The van der Waals surface area contributed by atoms with E-state index in [0.29, 0.717) is 22.0 Å². The Morgan fingerprint density at radius 2 is 1.84 bits per heavy atom. The molecular formula is C27H21ClF2N4O2S. The number of halogens is 3. The number of ether oxygens (including phenoxy) is 1. The molecule has 0 aliphatic rings. The summed E-state index contributed by atoms with van der Waals surface area (Å²) in [6.07, 6.45) is 2.55. The van der Waals surface area contributed by atoms with Gasteiger partial charge in [-0.15, -0.1) is 11.3 Å². The van der Waals surface area contributed by atoms with E-state index >= 15 is 0 Å². The highest BCUT2D eigenvalue weighted by atomic mass is 35.5. The summed E-state index contributed by atoms with van der Waals surface area (Å²) in [6, 6.07) is 15.0. The first-order valence-corrected chi connectivity index (χ1v) is 12.6. The number of hydrogen-bond acceptors (Lipinski definition) is 5. The summed E-state index contributed by atoms with van der Waals surface area (Å²) >= 11 is 7.41. The average Bonchev–Trinajstić information content (AvgIpc) is 3.48. The number of aryl methyl sites for hydroxylation is 1. The number of nitrogens with zero attached hydrogens (tertiary/aromatic N) is 3. The average molecular weight is 539 g/mol. The van der Waals surface area contributed by atoms with Crippen LogP contribution in [-0.4, -0.2) is 26.7 Å². The van der Waals surface area contributed by atoms with Crippen LogP contribution in [-0.2, 0) is 0 Å². The van der Waals surface area contributed by atoms with Gasteiger partial charge in [-0.2, -0.15) is 5.10 Å². The number of amides is 1. The van der Waals surface area contributed by atoms with Crippen molar-refractivity contribution in [3.05, 3.63) is 105 Å². The lowest BCUT2D eigenvalue weighted by Crippen LogP contribution is -2.39. The van der Waals surface area contributed by atoms with E-state index in [1.165, 1.54) is 35.6 Å². The highest BCUT2D eigenvalue weighted by Crippen LogP contribution is 2.31. The second-order valence-corrected chi connectivity index (χ2v) is 10.2. The number of benzene rings is 3. The lowest BCUT2D eigenvalue weighted by molar-refractivity contribution is 0.0881. The summed E-state index contributed by atoms with van der Waals surface area (Å²) < 4.78 is 35.6. The minimum Gasteiger partial charge on any atom is -0.484 e. The van der Waals surface area contributed by atoms with Crippen LogP contribution in [0.1, 0.15) is 33.3 Å². The van der Waals surface area contributed by atoms with Gasteiger partial charge >= 0.3 is 0 Å². The van der Waals surface area contributed by atoms with Gasteiger partial charge in [-0.25, -0.2) is 18.4 Å². The number of carbonyl (C=O) groups is 1. The molecule has 10 heteroatoms. The SMILES string of the molecule is Cc1cnc(C(=O)N[C@@H](C)[C@@H](Oc2ccc3c(cnn3-c3ccc(F)cc3)c2)c2cc(F)cc(Cl)c2)s1. The zero-order valence-electron chi connectivity index (χ0n) is 19.8. The van der Waals surface area contributed by atoms with Crippen LogP contribution in [0.4, 0.5) is 8.78 Å². The molecule has 188 valence electrons. The molecule has 5 aromatic rings. The van der Waals surface area contributed by atoms with Gasteiger partial charge < -0.3 is 10.1 Å². The molecular weight excluding hydrogens is 518 g/mol. The molecule has 1 N–H and O–H groups in total. The molecule has 5 rings (SSSR count). The van der Waals surface area contributed by atoms with Crippen LogP contribution >= 0.6 is 22.9 Å². The number of fused-ring (bicyclic) bond motifs is 1. The lowest BCUT2D eigenvalue weighted by Gasteiger charge is -2.26. The first-order valence-electron chi connectivity index (χ1n) is 11.4. The maximum atomic E-state index is 14.2. The molecule has 6 nitrogen and oxygen atoms in total.